The molecule has 2 rings (SSSR count). The Morgan fingerprint density at radius 2 is 2.28 bits per heavy atom. The van der Waals surface area contributed by atoms with Crippen molar-refractivity contribution in [3.63, 3.8) is 0 Å². The Hall–Kier alpha value is -0.870. The van der Waals surface area contributed by atoms with E-state index in [-0.39, 0.29) is 12.5 Å². The van der Waals surface area contributed by atoms with E-state index < -0.39 is 5.54 Å². The van der Waals surface area contributed by atoms with Crippen molar-refractivity contribution in [3.05, 3.63) is 34.3 Å². The van der Waals surface area contributed by atoms with Crippen LogP contribution in [0.2, 0.25) is 0 Å². The fraction of sp³-hybridized carbons (Fsp3) is 0.500. The Bertz CT molecular complexity index is 445. The monoisotopic (exact) mass is 311 g/mol. The van der Waals surface area contributed by atoms with E-state index in [4.69, 9.17) is 0 Å². The van der Waals surface area contributed by atoms with Crippen LogP contribution in [0.1, 0.15) is 31.7 Å². The van der Waals surface area contributed by atoms with Crippen LogP contribution in [0.5, 0.6) is 0 Å². The number of aliphatic hydroxyl groups excluding tert-OH is 1. The fourth-order valence-electron chi connectivity index (χ4n) is 1.98. The first-order chi connectivity index (χ1) is 8.53. The highest BCUT2D eigenvalue weighted by Gasteiger charge is 2.31. The first-order valence-electron chi connectivity index (χ1n) is 6.21. The molecule has 0 aromatic heterocycles. The average Bonchev–Trinajstić information content (AvgIpc) is 3.12. The topological polar surface area (TPSA) is 49.3 Å². The van der Waals surface area contributed by atoms with Gasteiger partial charge in [0, 0.05) is 10.9 Å². The third-order valence-corrected chi connectivity index (χ3v) is 3.86. The molecule has 1 aliphatic rings. The number of aliphatic hydroxyl groups is 1. The second-order valence-corrected chi connectivity index (χ2v) is 6.11. The summed E-state index contributed by atoms with van der Waals surface area (Å²) >= 11 is 3.41. The standard InChI is InChI=1S/C14H18BrNO2/c1-14(9-17,11-3-2-4-12(15)8-11)16-13(18)7-10-5-6-10/h2-4,8,10,17H,5-7,9H2,1H3,(H,16,18). The molecule has 1 amide bonds. The highest BCUT2D eigenvalue weighted by atomic mass is 79.9. The molecule has 0 spiro atoms. The number of amides is 1. The summed E-state index contributed by atoms with van der Waals surface area (Å²) in [7, 11) is 0. The number of halogens is 1. The van der Waals surface area contributed by atoms with Crippen LogP contribution in [0.15, 0.2) is 28.7 Å². The van der Waals surface area contributed by atoms with Crippen LogP contribution in [-0.2, 0) is 10.3 Å². The predicted molar refractivity (Wildman–Crippen MR) is 74.1 cm³/mol. The molecule has 0 heterocycles. The van der Waals surface area contributed by atoms with Crippen molar-refractivity contribution < 1.29 is 9.90 Å². The Balaban J connectivity index is 2.10. The molecular formula is C14H18BrNO2. The number of carbonyl (C=O) groups is 1. The van der Waals surface area contributed by atoms with Crippen LogP contribution in [0.3, 0.4) is 0 Å². The van der Waals surface area contributed by atoms with Gasteiger partial charge in [0.1, 0.15) is 0 Å². The first-order valence-corrected chi connectivity index (χ1v) is 7.01. The van der Waals surface area contributed by atoms with Crippen molar-refractivity contribution in [2.24, 2.45) is 5.92 Å². The molecule has 1 aromatic carbocycles. The predicted octanol–water partition coefficient (Wildman–Crippen LogP) is 2.57. The van der Waals surface area contributed by atoms with E-state index in [1.807, 2.05) is 31.2 Å². The second-order valence-electron chi connectivity index (χ2n) is 5.20. The minimum absolute atomic E-state index is 0.0222. The van der Waals surface area contributed by atoms with E-state index in [1.54, 1.807) is 0 Å². The summed E-state index contributed by atoms with van der Waals surface area (Å²) in [5.41, 5.74) is 0.193. The fourth-order valence-corrected chi connectivity index (χ4v) is 2.38. The van der Waals surface area contributed by atoms with Gasteiger partial charge in [-0.3, -0.25) is 4.79 Å². The van der Waals surface area contributed by atoms with Gasteiger partial charge in [0.15, 0.2) is 0 Å². The lowest BCUT2D eigenvalue weighted by Gasteiger charge is -2.29. The van der Waals surface area contributed by atoms with Crippen LogP contribution in [-0.4, -0.2) is 17.6 Å². The van der Waals surface area contributed by atoms with Gasteiger partial charge in [0.05, 0.1) is 12.1 Å². The van der Waals surface area contributed by atoms with Crippen molar-refractivity contribution in [2.45, 2.75) is 31.7 Å². The Labute approximate surface area is 116 Å². The molecule has 4 heteroatoms. The molecule has 1 aromatic rings. The molecule has 3 nitrogen and oxygen atoms in total. The van der Waals surface area contributed by atoms with Crippen molar-refractivity contribution >= 4 is 21.8 Å². The maximum atomic E-state index is 11.9. The van der Waals surface area contributed by atoms with Crippen molar-refractivity contribution in [1.29, 1.82) is 0 Å². The minimum atomic E-state index is -0.713. The van der Waals surface area contributed by atoms with Gasteiger partial charge in [-0.15, -0.1) is 0 Å². The zero-order chi connectivity index (χ0) is 13.2. The van der Waals surface area contributed by atoms with Crippen molar-refractivity contribution in [3.8, 4) is 0 Å². The van der Waals surface area contributed by atoms with Crippen LogP contribution >= 0.6 is 15.9 Å². The smallest absolute Gasteiger partial charge is 0.221 e. The van der Waals surface area contributed by atoms with Gasteiger partial charge < -0.3 is 10.4 Å². The van der Waals surface area contributed by atoms with E-state index in [9.17, 15) is 9.90 Å². The van der Waals surface area contributed by atoms with E-state index in [1.165, 1.54) is 0 Å². The van der Waals surface area contributed by atoms with Crippen LogP contribution in [0, 0.1) is 5.92 Å². The van der Waals surface area contributed by atoms with Crippen LogP contribution in [0.4, 0.5) is 0 Å². The van der Waals surface area contributed by atoms with Gasteiger partial charge in [-0.25, -0.2) is 0 Å². The summed E-state index contributed by atoms with van der Waals surface area (Å²) < 4.78 is 0.941. The van der Waals surface area contributed by atoms with E-state index in [2.05, 4.69) is 21.2 Å². The molecule has 1 saturated carbocycles. The van der Waals surface area contributed by atoms with Crippen LogP contribution in [0.25, 0.3) is 0 Å². The molecule has 1 fully saturated rings. The molecule has 1 aliphatic carbocycles. The van der Waals surface area contributed by atoms with E-state index in [0.717, 1.165) is 22.9 Å². The SMILES string of the molecule is CC(CO)(NC(=O)CC1CC1)c1cccc(Br)c1. The Morgan fingerprint density at radius 3 is 2.83 bits per heavy atom. The van der Waals surface area contributed by atoms with Gasteiger partial charge >= 0.3 is 0 Å². The summed E-state index contributed by atoms with van der Waals surface area (Å²) in [6.07, 6.45) is 2.88. The van der Waals surface area contributed by atoms with Gasteiger partial charge in [0.2, 0.25) is 5.91 Å². The summed E-state index contributed by atoms with van der Waals surface area (Å²) in [5.74, 6) is 0.574. The molecule has 98 valence electrons. The molecule has 0 aliphatic heterocycles. The average molecular weight is 312 g/mol. The summed E-state index contributed by atoms with van der Waals surface area (Å²) in [6.45, 7) is 1.74. The number of hydrogen-bond donors (Lipinski definition) is 2. The number of benzene rings is 1. The Morgan fingerprint density at radius 1 is 1.56 bits per heavy atom. The van der Waals surface area contributed by atoms with Gasteiger partial charge in [-0.05, 0) is 43.4 Å². The molecular weight excluding hydrogens is 294 g/mol. The third-order valence-electron chi connectivity index (χ3n) is 3.36. The molecule has 18 heavy (non-hydrogen) atoms. The number of nitrogens with one attached hydrogen (secondary N) is 1. The lowest BCUT2D eigenvalue weighted by atomic mass is 9.92. The number of carbonyl (C=O) groups excluding carboxylic acids is 1. The lowest BCUT2D eigenvalue weighted by molar-refractivity contribution is -0.123. The summed E-state index contributed by atoms with van der Waals surface area (Å²) in [6, 6.07) is 7.67. The Kier molecular flexibility index (Phi) is 4.07. The molecule has 0 bridgehead atoms. The molecule has 0 radical (unpaired) electrons. The third kappa shape index (κ3) is 3.33. The zero-order valence-corrected chi connectivity index (χ0v) is 12.0. The van der Waals surface area contributed by atoms with Gasteiger partial charge in [-0.1, -0.05) is 28.1 Å². The molecule has 1 unspecified atom stereocenters. The number of hydrogen-bond acceptors (Lipinski definition) is 2. The first kappa shape index (κ1) is 13.6. The van der Waals surface area contributed by atoms with Crippen molar-refractivity contribution in [2.75, 3.05) is 6.61 Å². The van der Waals surface area contributed by atoms with Crippen LogP contribution < -0.4 is 5.32 Å². The molecule has 2 N–H and O–H groups in total. The zero-order valence-electron chi connectivity index (χ0n) is 10.4. The maximum Gasteiger partial charge on any atom is 0.221 e. The van der Waals surface area contributed by atoms with Crippen molar-refractivity contribution in [1.82, 2.24) is 5.32 Å². The second kappa shape index (κ2) is 5.41. The molecule has 0 saturated heterocycles. The van der Waals surface area contributed by atoms with E-state index in [0.29, 0.717) is 12.3 Å². The largest absolute Gasteiger partial charge is 0.394 e. The lowest BCUT2D eigenvalue weighted by Crippen LogP contribution is -2.46. The highest BCUT2D eigenvalue weighted by Crippen LogP contribution is 2.33. The van der Waals surface area contributed by atoms with Gasteiger partial charge in [0.25, 0.3) is 0 Å². The van der Waals surface area contributed by atoms with Gasteiger partial charge in [-0.2, -0.15) is 0 Å². The maximum absolute atomic E-state index is 11.9. The molecule has 1 atom stereocenters. The normalized spacial score (nSPS) is 18.2. The summed E-state index contributed by atoms with van der Waals surface area (Å²) in [5, 5.41) is 12.5. The highest BCUT2D eigenvalue weighted by molar-refractivity contribution is 9.10. The minimum Gasteiger partial charge on any atom is -0.394 e. The van der Waals surface area contributed by atoms with E-state index >= 15 is 0 Å². The quantitative estimate of drug-likeness (QED) is 0.878. The summed E-state index contributed by atoms with van der Waals surface area (Å²) in [4.78, 5) is 11.9. The number of rotatable bonds is 5.